The zero-order valence-corrected chi connectivity index (χ0v) is 6.44. The summed E-state index contributed by atoms with van der Waals surface area (Å²) < 4.78 is 0. The number of aliphatic hydroxyl groups excluding tert-OH is 1. The van der Waals surface area contributed by atoms with E-state index in [9.17, 15) is 9.59 Å². The third-order valence-corrected chi connectivity index (χ3v) is 1.17. The molecule has 12 heavy (non-hydrogen) atoms. The van der Waals surface area contributed by atoms with E-state index in [1.54, 1.807) is 5.92 Å². The molecule has 5 heteroatoms. The lowest BCUT2D eigenvalue weighted by molar-refractivity contribution is -0.144. The summed E-state index contributed by atoms with van der Waals surface area (Å²) in [7, 11) is 0. The molecular weight excluding hydrogens is 162 g/mol. The van der Waals surface area contributed by atoms with Gasteiger partial charge in [0, 0.05) is 0 Å². The summed E-state index contributed by atoms with van der Waals surface area (Å²) in [5.74, 6) is -0.503. The number of carbonyl (C=O) groups excluding carboxylic acids is 1. The zero-order valence-electron chi connectivity index (χ0n) is 6.44. The number of carboxylic acid groups (broad SMARTS) is 1. The van der Waals surface area contributed by atoms with Crippen LogP contribution in [0.5, 0.6) is 0 Å². The van der Waals surface area contributed by atoms with Crippen LogP contribution in [-0.2, 0) is 9.59 Å². The molecule has 3 N–H and O–H groups in total. The molecule has 0 rings (SSSR count). The molecule has 0 aromatic heterocycles. The molecule has 2 atom stereocenters. The van der Waals surface area contributed by atoms with Crippen molar-refractivity contribution in [1.29, 1.82) is 0 Å². The first-order valence-electron chi connectivity index (χ1n) is 3.17. The molecule has 66 valence electrons. The van der Waals surface area contributed by atoms with Gasteiger partial charge in [-0.2, -0.15) is 0 Å². The van der Waals surface area contributed by atoms with E-state index in [-0.39, 0.29) is 0 Å². The van der Waals surface area contributed by atoms with Gasteiger partial charge in [0.25, 0.3) is 5.91 Å². The van der Waals surface area contributed by atoms with Gasteiger partial charge in [0.1, 0.15) is 0 Å². The average Bonchev–Trinajstić information content (AvgIpc) is 1.98. The van der Waals surface area contributed by atoms with E-state index < -0.39 is 24.0 Å². The van der Waals surface area contributed by atoms with E-state index in [1.165, 1.54) is 6.92 Å². The Balaban J connectivity index is 4.26. The normalized spacial score (nSPS) is 14.1. The Bertz CT molecular complexity index is 228. The molecule has 0 aliphatic rings. The lowest BCUT2D eigenvalue weighted by Gasteiger charge is -2.14. The summed E-state index contributed by atoms with van der Waals surface area (Å²) in [6.45, 7) is 1.25. The van der Waals surface area contributed by atoms with Gasteiger partial charge in [0.15, 0.2) is 6.04 Å². The molecule has 0 aliphatic carbocycles. The van der Waals surface area contributed by atoms with Crippen molar-refractivity contribution in [2.75, 3.05) is 0 Å². The fourth-order valence-electron chi connectivity index (χ4n) is 0.572. The van der Waals surface area contributed by atoms with Gasteiger partial charge in [-0.3, -0.25) is 4.79 Å². The van der Waals surface area contributed by atoms with Crippen molar-refractivity contribution >= 4 is 11.9 Å². The van der Waals surface area contributed by atoms with E-state index in [0.717, 1.165) is 0 Å². The van der Waals surface area contributed by atoms with Crippen LogP contribution < -0.4 is 5.32 Å². The third kappa shape index (κ3) is 3.03. The maximum atomic E-state index is 10.5. The van der Waals surface area contributed by atoms with E-state index in [1.807, 2.05) is 5.32 Å². The number of rotatable bonds is 3. The van der Waals surface area contributed by atoms with Gasteiger partial charge in [-0.05, 0) is 12.8 Å². The molecular formula is C7H9NO4. The molecule has 0 heterocycles. The topological polar surface area (TPSA) is 86.6 Å². The molecule has 2 unspecified atom stereocenters. The summed E-state index contributed by atoms with van der Waals surface area (Å²) in [4.78, 5) is 20.9. The zero-order chi connectivity index (χ0) is 9.72. The predicted octanol–water partition coefficient (Wildman–Crippen LogP) is -1.43. The molecule has 0 saturated carbocycles. The van der Waals surface area contributed by atoms with Crippen LogP contribution in [0, 0.1) is 12.3 Å². The molecule has 0 saturated heterocycles. The van der Waals surface area contributed by atoms with E-state index >= 15 is 0 Å². The number of terminal acetylenes is 1. The Hall–Kier alpha value is -1.54. The van der Waals surface area contributed by atoms with Crippen LogP contribution in [-0.4, -0.2) is 34.2 Å². The molecule has 0 bridgehead atoms. The van der Waals surface area contributed by atoms with Crippen LogP contribution in [0.25, 0.3) is 0 Å². The molecule has 0 spiro atoms. The quantitative estimate of drug-likeness (QED) is 0.454. The highest BCUT2D eigenvalue weighted by atomic mass is 16.4. The molecule has 0 fully saturated rings. The summed E-state index contributed by atoms with van der Waals surface area (Å²) in [5, 5.41) is 19.2. The lowest BCUT2D eigenvalue weighted by atomic mass is 10.2. The third-order valence-electron chi connectivity index (χ3n) is 1.17. The second-order valence-corrected chi connectivity index (χ2v) is 2.17. The summed E-state index contributed by atoms with van der Waals surface area (Å²) in [6, 6.07) is -1.35. The van der Waals surface area contributed by atoms with Crippen molar-refractivity contribution in [3.8, 4) is 12.3 Å². The Morgan fingerprint density at radius 1 is 1.58 bits per heavy atom. The number of aliphatic hydroxyl groups is 1. The monoisotopic (exact) mass is 171 g/mol. The van der Waals surface area contributed by atoms with Crippen molar-refractivity contribution in [2.24, 2.45) is 0 Å². The van der Waals surface area contributed by atoms with Crippen molar-refractivity contribution < 1.29 is 19.8 Å². The Labute approximate surface area is 69.4 Å². The van der Waals surface area contributed by atoms with E-state index in [4.69, 9.17) is 10.2 Å². The molecule has 0 aromatic carbocycles. The minimum Gasteiger partial charge on any atom is -0.480 e. The number of hydrogen-bond donors (Lipinski definition) is 3. The lowest BCUT2D eigenvalue weighted by Crippen LogP contribution is -2.47. The highest BCUT2D eigenvalue weighted by Gasteiger charge is 2.23. The highest BCUT2D eigenvalue weighted by molar-refractivity contribution is 5.95. The van der Waals surface area contributed by atoms with Gasteiger partial charge in [-0.25, -0.2) is 4.79 Å². The first kappa shape index (κ1) is 10.5. The first-order chi connectivity index (χ1) is 5.49. The fraction of sp³-hybridized carbons (Fsp3) is 0.429. The maximum Gasteiger partial charge on any atom is 0.328 e. The van der Waals surface area contributed by atoms with Crippen molar-refractivity contribution in [3.63, 3.8) is 0 Å². The van der Waals surface area contributed by atoms with Gasteiger partial charge in [-0.1, -0.05) is 0 Å². The number of aliphatic carboxylic acids is 1. The number of carbonyl (C=O) groups is 2. The minimum atomic E-state index is -1.35. The predicted molar refractivity (Wildman–Crippen MR) is 40.1 cm³/mol. The van der Waals surface area contributed by atoms with Crippen molar-refractivity contribution in [3.05, 3.63) is 0 Å². The van der Waals surface area contributed by atoms with Crippen LogP contribution >= 0.6 is 0 Å². The second-order valence-electron chi connectivity index (χ2n) is 2.17. The summed E-state index contributed by atoms with van der Waals surface area (Å²) >= 11 is 0. The summed E-state index contributed by atoms with van der Waals surface area (Å²) in [5.41, 5.74) is 0. The van der Waals surface area contributed by atoms with Crippen molar-refractivity contribution in [2.45, 2.75) is 19.1 Å². The molecule has 5 nitrogen and oxygen atoms in total. The van der Waals surface area contributed by atoms with Crippen LogP contribution in [0.15, 0.2) is 0 Å². The largest absolute Gasteiger partial charge is 0.480 e. The van der Waals surface area contributed by atoms with Gasteiger partial charge >= 0.3 is 5.97 Å². The Kier molecular flexibility index (Phi) is 3.80. The number of hydrogen-bond acceptors (Lipinski definition) is 3. The first-order valence-corrected chi connectivity index (χ1v) is 3.17. The van der Waals surface area contributed by atoms with Gasteiger partial charge in [-0.15, -0.1) is 6.42 Å². The van der Waals surface area contributed by atoms with Crippen LogP contribution in [0.1, 0.15) is 6.92 Å². The molecule has 1 amide bonds. The van der Waals surface area contributed by atoms with Crippen LogP contribution in [0.2, 0.25) is 0 Å². The van der Waals surface area contributed by atoms with Crippen molar-refractivity contribution in [1.82, 2.24) is 5.32 Å². The number of nitrogens with one attached hydrogen (secondary N) is 1. The van der Waals surface area contributed by atoms with Crippen LogP contribution in [0.4, 0.5) is 0 Å². The van der Waals surface area contributed by atoms with Gasteiger partial charge in [0.05, 0.1) is 6.10 Å². The molecule has 0 radical (unpaired) electrons. The SMILES string of the molecule is C#CC(=O)NC(C(=O)O)C(C)O. The van der Waals surface area contributed by atoms with Gasteiger partial charge in [0.2, 0.25) is 0 Å². The van der Waals surface area contributed by atoms with Crippen LogP contribution in [0.3, 0.4) is 0 Å². The second kappa shape index (κ2) is 4.36. The maximum absolute atomic E-state index is 10.5. The van der Waals surface area contributed by atoms with E-state index in [0.29, 0.717) is 0 Å². The molecule has 0 aliphatic heterocycles. The average molecular weight is 171 g/mol. The number of carboxylic acids is 1. The fourth-order valence-corrected chi connectivity index (χ4v) is 0.572. The summed E-state index contributed by atoms with van der Waals surface area (Å²) in [6.07, 6.45) is 3.50. The Morgan fingerprint density at radius 3 is 2.33 bits per heavy atom. The number of amides is 1. The smallest absolute Gasteiger partial charge is 0.328 e. The Morgan fingerprint density at radius 2 is 2.08 bits per heavy atom. The minimum absolute atomic E-state index is 0.858. The van der Waals surface area contributed by atoms with Gasteiger partial charge < -0.3 is 15.5 Å². The highest BCUT2D eigenvalue weighted by Crippen LogP contribution is 1.92. The van der Waals surface area contributed by atoms with E-state index in [2.05, 4.69) is 6.42 Å². The molecule has 0 aromatic rings. The standard InChI is InChI=1S/C7H9NO4/c1-3-5(10)8-6(4(2)9)7(11)12/h1,4,6,9H,2H3,(H,8,10)(H,11,12).